The molecule has 8 heteroatoms. The molecule has 0 unspecified atom stereocenters. The Labute approximate surface area is 172 Å². The van der Waals surface area contributed by atoms with Gasteiger partial charge in [-0.2, -0.15) is 0 Å². The molecule has 8 nitrogen and oxygen atoms in total. The minimum absolute atomic E-state index is 0.108. The SMILES string of the molecule is COc1ccccc1Nc1cc(C(=O)O)c(Nc2ccccc2OC)cc1C(=O)O. The predicted octanol–water partition coefficient (Wildman–Crippen LogP) is 4.59. The van der Waals surface area contributed by atoms with E-state index < -0.39 is 11.9 Å². The van der Waals surface area contributed by atoms with Crippen LogP contribution in [0.2, 0.25) is 0 Å². The van der Waals surface area contributed by atoms with Gasteiger partial charge in [0.25, 0.3) is 0 Å². The van der Waals surface area contributed by atoms with Crippen LogP contribution in [-0.4, -0.2) is 36.4 Å². The van der Waals surface area contributed by atoms with Crippen molar-refractivity contribution in [3.8, 4) is 11.5 Å². The fourth-order valence-corrected chi connectivity index (χ4v) is 2.95. The maximum atomic E-state index is 11.9. The second-order valence-electron chi connectivity index (χ2n) is 6.20. The fraction of sp³-hybridized carbons (Fsp3) is 0.0909. The molecule has 0 atom stereocenters. The van der Waals surface area contributed by atoms with E-state index in [-0.39, 0.29) is 22.5 Å². The first kappa shape index (κ1) is 20.5. The summed E-state index contributed by atoms with van der Waals surface area (Å²) in [5, 5.41) is 25.4. The van der Waals surface area contributed by atoms with Crippen LogP contribution in [0.25, 0.3) is 0 Å². The smallest absolute Gasteiger partial charge is 0.337 e. The van der Waals surface area contributed by atoms with Crippen LogP contribution >= 0.6 is 0 Å². The average molecular weight is 408 g/mol. The summed E-state index contributed by atoms with van der Waals surface area (Å²) in [7, 11) is 2.98. The van der Waals surface area contributed by atoms with Crippen molar-refractivity contribution < 1.29 is 29.3 Å². The molecule has 4 N–H and O–H groups in total. The van der Waals surface area contributed by atoms with Gasteiger partial charge in [0.15, 0.2) is 0 Å². The quantitative estimate of drug-likeness (QED) is 0.428. The van der Waals surface area contributed by atoms with Crippen molar-refractivity contribution in [3.63, 3.8) is 0 Å². The van der Waals surface area contributed by atoms with E-state index in [1.54, 1.807) is 48.5 Å². The normalized spacial score (nSPS) is 10.2. The first-order chi connectivity index (χ1) is 14.4. The third-order valence-corrected chi connectivity index (χ3v) is 4.37. The molecule has 154 valence electrons. The molecule has 0 spiro atoms. The first-order valence-electron chi connectivity index (χ1n) is 8.89. The maximum absolute atomic E-state index is 11.9. The molecule has 3 rings (SSSR count). The van der Waals surface area contributed by atoms with Crippen molar-refractivity contribution in [2.75, 3.05) is 24.9 Å². The van der Waals surface area contributed by atoms with Gasteiger partial charge in [-0.25, -0.2) is 9.59 Å². The lowest BCUT2D eigenvalue weighted by Crippen LogP contribution is -2.10. The van der Waals surface area contributed by atoms with Crippen LogP contribution in [0.15, 0.2) is 60.7 Å². The fourth-order valence-electron chi connectivity index (χ4n) is 2.95. The summed E-state index contributed by atoms with van der Waals surface area (Å²) in [5.41, 5.74) is 1.03. The standard InChI is InChI=1S/C22H20N2O6/c1-29-19-9-5-3-7-15(19)23-17-11-14(22(27)28)18(12-13(17)21(25)26)24-16-8-4-6-10-20(16)30-2/h3-12,23-24H,1-2H3,(H,25,26)(H,27,28). The Morgan fingerprint density at radius 3 is 1.37 bits per heavy atom. The topological polar surface area (TPSA) is 117 Å². The Balaban J connectivity index is 2.10. The molecule has 0 fully saturated rings. The van der Waals surface area contributed by atoms with Crippen LogP contribution in [0.1, 0.15) is 20.7 Å². The Hall–Kier alpha value is -4.20. The highest BCUT2D eigenvalue weighted by atomic mass is 16.5. The van der Waals surface area contributed by atoms with Gasteiger partial charge in [0, 0.05) is 0 Å². The van der Waals surface area contributed by atoms with E-state index in [2.05, 4.69) is 10.6 Å². The summed E-state index contributed by atoms with van der Waals surface area (Å²) in [6.07, 6.45) is 0. The number of ether oxygens (including phenoxy) is 2. The molecular weight excluding hydrogens is 388 g/mol. The van der Waals surface area contributed by atoms with Crippen molar-refractivity contribution in [2.24, 2.45) is 0 Å². The number of hydrogen-bond acceptors (Lipinski definition) is 6. The van der Waals surface area contributed by atoms with Gasteiger partial charge < -0.3 is 30.3 Å². The first-order valence-corrected chi connectivity index (χ1v) is 8.89. The van der Waals surface area contributed by atoms with Crippen LogP contribution in [0, 0.1) is 0 Å². The molecule has 0 heterocycles. The van der Waals surface area contributed by atoms with E-state index in [4.69, 9.17) is 9.47 Å². The van der Waals surface area contributed by atoms with Crippen molar-refractivity contribution in [1.82, 2.24) is 0 Å². The number of hydrogen-bond donors (Lipinski definition) is 4. The zero-order chi connectivity index (χ0) is 21.7. The molecule has 3 aromatic rings. The molecule has 3 aromatic carbocycles. The molecule has 0 amide bonds. The molecule has 0 aromatic heterocycles. The van der Waals surface area contributed by atoms with E-state index >= 15 is 0 Å². The second-order valence-corrected chi connectivity index (χ2v) is 6.20. The molecule has 0 saturated carbocycles. The lowest BCUT2D eigenvalue weighted by Gasteiger charge is -2.17. The van der Waals surface area contributed by atoms with E-state index in [1.807, 2.05) is 0 Å². The Bertz CT molecular complexity index is 1010. The lowest BCUT2D eigenvalue weighted by molar-refractivity contribution is 0.0683. The van der Waals surface area contributed by atoms with Crippen LogP contribution in [0.4, 0.5) is 22.7 Å². The highest BCUT2D eigenvalue weighted by molar-refractivity contribution is 6.03. The van der Waals surface area contributed by atoms with E-state index in [0.717, 1.165) is 0 Å². The molecule has 0 aliphatic rings. The summed E-state index contributed by atoms with van der Waals surface area (Å²) >= 11 is 0. The lowest BCUT2D eigenvalue weighted by atomic mass is 10.0. The number of methoxy groups -OCH3 is 2. The molecule has 30 heavy (non-hydrogen) atoms. The van der Waals surface area contributed by atoms with Gasteiger partial charge in [-0.3, -0.25) is 0 Å². The number of rotatable bonds is 8. The predicted molar refractivity (Wildman–Crippen MR) is 113 cm³/mol. The van der Waals surface area contributed by atoms with Crippen molar-refractivity contribution in [2.45, 2.75) is 0 Å². The number of carboxylic acids is 2. The Morgan fingerprint density at radius 1 is 0.667 bits per heavy atom. The number of carboxylic acid groups (broad SMARTS) is 2. The second kappa shape index (κ2) is 8.87. The number of nitrogens with one attached hydrogen (secondary N) is 2. The number of aromatic carboxylic acids is 2. The summed E-state index contributed by atoms with van der Waals surface area (Å²) in [4.78, 5) is 23.8. The van der Waals surface area contributed by atoms with E-state index in [0.29, 0.717) is 22.9 Å². The molecule has 0 bridgehead atoms. The summed E-state index contributed by atoms with van der Waals surface area (Å²) in [6, 6.07) is 16.4. The Kier molecular flexibility index (Phi) is 6.07. The van der Waals surface area contributed by atoms with Gasteiger partial charge >= 0.3 is 11.9 Å². The molecule has 0 radical (unpaired) electrons. The van der Waals surface area contributed by atoms with Gasteiger partial charge in [-0.1, -0.05) is 24.3 Å². The van der Waals surface area contributed by atoms with Crippen LogP contribution in [0.3, 0.4) is 0 Å². The van der Waals surface area contributed by atoms with Crippen molar-refractivity contribution >= 4 is 34.7 Å². The molecule has 0 aliphatic heterocycles. The van der Waals surface area contributed by atoms with Gasteiger partial charge in [-0.15, -0.1) is 0 Å². The number of anilines is 4. The molecular formula is C22H20N2O6. The van der Waals surface area contributed by atoms with Gasteiger partial charge in [-0.05, 0) is 36.4 Å². The molecule has 0 saturated heterocycles. The van der Waals surface area contributed by atoms with Crippen LogP contribution in [-0.2, 0) is 0 Å². The monoisotopic (exact) mass is 408 g/mol. The number of benzene rings is 3. The molecule has 0 aliphatic carbocycles. The zero-order valence-electron chi connectivity index (χ0n) is 16.3. The van der Waals surface area contributed by atoms with Gasteiger partial charge in [0.05, 0.1) is 48.1 Å². The maximum Gasteiger partial charge on any atom is 0.337 e. The number of para-hydroxylation sites is 4. The van der Waals surface area contributed by atoms with Gasteiger partial charge in [0.2, 0.25) is 0 Å². The number of carbonyl (C=O) groups is 2. The summed E-state index contributed by atoms with van der Waals surface area (Å²) in [5.74, 6) is -1.45. The van der Waals surface area contributed by atoms with Crippen molar-refractivity contribution in [1.29, 1.82) is 0 Å². The minimum atomic E-state index is -1.22. The average Bonchev–Trinajstić information content (AvgIpc) is 2.74. The summed E-state index contributed by atoms with van der Waals surface area (Å²) < 4.78 is 10.5. The third-order valence-electron chi connectivity index (χ3n) is 4.37. The Morgan fingerprint density at radius 2 is 1.03 bits per heavy atom. The zero-order valence-corrected chi connectivity index (χ0v) is 16.3. The third kappa shape index (κ3) is 4.27. The largest absolute Gasteiger partial charge is 0.495 e. The highest BCUT2D eigenvalue weighted by Crippen LogP contribution is 2.35. The van der Waals surface area contributed by atoms with Gasteiger partial charge in [0.1, 0.15) is 11.5 Å². The summed E-state index contributed by atoms with van der Waals surface area (Å²) in [6.45, 7) is 0. The highest BCUT2D eigenvalue weighted by Gasteiger charge is 2.20. The minimum Gasteiger partial charge on any atom is -0.495 e. The van der Waals surface area contributed by atoms with E-state index in [9.17, 15) is 19.8 Å². The van der Waals surface area contributed by atoms with E-state index in [1.165, 1.54) is 26.4 Å². The van der Waals surface area contributed by atoms with Crippen LogP contribution < -0.4 is 20.1 Å². The van der Waals surface area contributed by atoms with Crippen molar-refractivity contribution in [3.05, 3.63) is 71.8 Å². The van der Waals surface area contributed by atoms with Crippen LogP contribution in [0.5, 0.6) is 11.5 Å².